The lowest BCUT2D eigenvalue weighted by atomic mass is 10.2. The number of hydrogen-bond acceptors (Lipinski definition) is 8. The number of amides is 1. The number of aryl methyl sites for hydroxylation is 2. The van der Waals surface area contributed by atoms with E-state index in [4.69, 9.17) is 0 Å². The zero-order chi connectivity index (χ0) is 18.4. The number of H-pyrrole nitrogens is 1. The smallest absolute Gasteiger partial charge is 0.259 e. The van der Waals surface area contributed by atoms with Gasteiger partial charge in [0.2, 0.25) is 11.0 Å². The van der Waals surface area contributed by atoms with Gasteiger partial charge in [-0.1, -0.05) is 11.3 Å². The van der Waals surface area contributed by atoms with Crippen molar-refractivity contribution in [2.75, 3.05) is 11.1 Å². The first-order valence-electron chi connectivity index (χ1n) is 8.92. The van der Waals surface area contributed by atoms with Crippen LogP contribution < -0.4 is 10.9 Å². The Labute approximate surface area is 167 Å². The molecule has 5 rings (SSSR count). The summed E-state index contributed by atoms with van der Waals surface area (Å²) in [5, 5.41) is 13.3. The molecule has 1 fully saturated rings. The van der Waals surface area contributed by atoms with Gasteiger partial charge < -0.3 is 4.98 Å². The van der Waals surface area contributed by atoms with Gasteiger partial charge in [0.1, 0.15) is 15.7 Å². The van der Waals surface area contributed by atoms with Crippen LogP contribution >= 0.6 is 34.4 Å². The minimum Gasteiger partial charge on any atom is -0.309 e. The number of aromatic nitrogens is 4. The Morgan fingerprint density at radius 3 is 3.00 bits per heavy atom. The summed E-state index contributed by atoms with van der Waals surface area (Å²) in [6, 6.07) is 0. The first kappa shape index (κ1) is 17.3. The maximum absolute atomic E-state index is 12.4. The second kappa shape index (κ2) is 6.99. The van der Waals surface area contributed by atoms with Crippen molar-refractivity contribution in [1.29, 1.82) is 0 Å². The third-order valence-electron chi connectivity index (χ3n) is 4.71. The van der Waals surface area contributed by atoms with E-state index in [-0.39, 0.29) is 17.2 Å². The lowest BCUT2D eigenvalue weighted by Gasteiger charge is -2.02. The second-order valence-electron chi connectivity index (χ2n) is 6.81. The van der Waals surface area contributed by atoms with Crippen molar-refractivity contribution in [3.63, 3.8) is 0 Å². The molecule has 2 N–H and O–H groups in total. The molecule has 0 radical (unpaired) electrons. The fourth-order valence-electron chi connectivity index (χ4n) is 3.29. The molecule has 3 aromatic heterocycles. The van der Waals surface area contributed by atoms with Crippen LogP contribution in [-0.2, 0) is 23.4 Å². The van der Waals surface area contributed by atoms with Crippen LogP contribution in [0.1, 0.15) is 46.5 Å². The van der Waals surface area contributed by atoms with Crippen molar-refractivity contribution in [2.24, 2.45) is 0 Å². The molecular weight excluding hydrogens is 402 g/mol. The number of nitrogens with zero attached hydrogens (tertiary/aromatic N) is 3. The molecule has 0 aliphatic heterocycles. The van der Waals surface area contributed by atoms with E-state index in [1.54, 1.807) is 11.3 Å². The van der Waals surface area contributed by atoms with Gasteiger partial charge >= 0.3 is 0 Å². The van der Waals surface area contributed by atoms with Crippen LogP contribution in [0, 0.1) is 0 Å². The molecule has 0 saturated heterocycles. The summed E-state index contributed by atoms with van der Waals surface area (Å²) in [7, 11) is 0. The first-order valence-corrected chi connectivity index (χ1v) is 11.7. The monoisotopic (exact) mass is 419 g/mol. The van der Waals surface area contributed by atoms with E-state index in [1.807, 2.05) is 0 Å². The fraction of sp³-hybridized carbons (Fsp3) is 0.471. The molecule has 0 bridgehead atoms. The van der Waals surface area contributed by atoms with Gasteiger partial charge in [-0.15, -0.1) is 33.3 Å². The molecule has 27 heavy (non-hydrogen) atoms. The quantitative estimate of drug-likeness (QED) is 0.637. The Kier molecular flexibility index (Phi) is 4.49. The highest BCUT2D eigenvalue weighted by Crippen LogP contribution is 2.42. The lowest BCUT2D eigenvalue weighted by Crippen LogP contribution is -2.15. The topological polar surface area (TPSA) is 101 Å². The highest BCUT2D eigenvalue weighted by Gasteiger charge is 2.27. The highest BCUT2D eigenvalue weighted by molar-refractivity contribution is 7.99. The molecule has 3 heterocycles. The van der Waals surface area contributed by atoms with Crippen LogP contribution in [0.15, 0.2) is 4.79 Å². The van der Waals surface area contributed by atoms with Gasteiger partial charge in [-0.3, -0.25) is 14.9 Å². The zero-order valence-corrected chi connectivity index (χ0v) is 16.9. The van der Waals surface area contributed by atoms with Gasteiger partial charge in [0.15, 0.2) is 0 Å². The summed E-state index contributed by atoms with van der Waals surface area (Å²) >= 11 is 4.51. The van der Waals surface area contributed by atoms with Gasteiger partial charge in [0, 0.05) is 10.8 Å². The van der Waals surface area contributed by atoms with Gasteiger partial charge in [-0.25, -0.2) is 4.98 Å². The summed E-state index contributed by atoms with van der Waals surface area (Å²) < 4.78 is 0. The van der Waals surface area contributed by atoms with Crippen LogP contribution in [0.4, 0.5) is 5.13 Å². The minimum atomic E-state index is -0.114. The molecule has 1 saturated carbocycles. The van der Waals surface area contributed by atoms with E-state index >= 15 is 0 Å². The normalized spacial score (nSPS) is 16.0. The van der Waals surface area contributed by atoms with Crippen LogP contribution in [0.25, 0.3) is 10.2 Å². The van der Waals surface area contributed by atoms with Crippen molar-refractivity contribution in [3.05, 3.63) is 31.6 Å². The second-order valence-corrected chi connectivity index (χ2v) is 9.89. The number of fused-ring (bicyclic) bond motifs is 3. The molecule has 0 atom stereocenters. The number of rotatable bonds is 6. The largest absolute Gasteiger partial charge is 0.309 e. The van der Waals surface area contributed by atoms with Crippen LogP contribution in [0.2, 0.25) is 0 Å². The zero-order valence-electron chi connectivity index (χ0n) is 14.4. The molecule has 3 aromatic rings. The number of aromatic amines is 1. The van der Waals surface area contributed by atoms with Crippen LogP contribution in [0.5, 0.6) is 0 Å². The third-order valence-corrected chi connectivity index (χ3v) is 7.84. The Bertz CT molecular complexity index is 1080. The number of thiophene rings is 1. The molecular formula is C17H17N5O2S3. The number of thioether (sulfide) groups is 1. The molecule has 2 aliphatic rings. The van der Waals surface area contributed by atoms with Crippen LogP contribution in [-0.4, -0.2) is 31.8 Å². The van der Waals surface area contributed by atoms with E-state index in [0.29, 0.717) is 22.6 Å². The van der Waals surface area contributed by atoms with Crippen molar-refractivity contribution in [2.45, 2.75) is 43.8 Å². The molecule has 7 nitrogen and oxygen atoms in total. The minimum absolute atomic E-state index is 0.0547. The van der Waals surface area contributed by atoms with E-state index in [2.05, 4.69) is 25.5 Å². The number of nitrogens with one attached hydrogen (secondary N) is 2. The standard InChI is InChI=1S/C17H17N5O2S3/c23-12(20-17-22-21-15(27-17)8-4-5-8)7-25-6-11-18-14(24)13-9-2-1-3-10(9)26-16(13)19-11/h8H,1-7H2,(H,18,19,24)(H,20,22,23). The number of hydrogen-bond donors (Lipinski definition) is 2. The Hall–Kier alpha value is -1.78. The average Bonchev–Trinajstić information content (AvgIpc) is 3.04. The van der Waals surface area contributed by atoms with Crippen molar-refractivity contribution < 1.29 is 4.79 Å². The molecule has 1 amide bonds. The molecule has 0 spiro atoms. The number of carbonyl (C=O) groups is 1. The molecule has 140 valence electrons. The summed E-state index contributed by atoms with van der Waals surface area (Å²) in [5.41, 5.74) is 1.13. The predicted octanol–water partition coefficient (Wildman–Crippen LogP) is 3.07. The maximum Gasteiger partial charge on any atom is 0.259 e. The summed E-state index contributed by atoms with van der Waals surface area (Å²) in [6.45, 7) is 0. The van der Waals surface area contributed by atoms with Gasteiger partial charge in [0.05, 0.1) is 16.9 Å². The summed E-state index contributed by atoms with van der Waals surface area (Å²) in [6.07, 6.45) is 5.49. The predicted molar refractivity (Wildman–Crippen MR) is 109 cm³/mol. The van der Waals surface area contributed by atoms with E-state index in [1.165, 1.54) is 46.4 Å². The van der Waals surface area contributed by atoms with Crippen molar-refractivity contribution in [3.8, 4) is 0 Å². The summed E-state index contributed by atoms with van der Waals surface area (Å²) in [4.78, 5) is 34.1. The van der Waals surface area contributed by atoms with Gasteiger partial charge in [-0.05, 0) is 37.7 Å². The summed E-state index contributed by atoms with van der Waals surface area (Å²) in [5.74, 6) is 1.82. The van der Waals surface area contributed by atoms with Gasteiger partial charge in [-0.2, -0.15) is 0 Å². The molecule has 10 heteroatoms. The Balaban J connectivity index is 1.19. The number of anilines is 1. The average molecular weight is 420 g/mol. The van der Waals surface area contributed by atoms with Crippen LogP contribution in [0.3, 0.4) is 0 Å². The molecule has 0 aromatic carbocycles. The first-order chi connectivity index (χ1) is 13.2. The Morgan fingerprint density at radius 2 is 2.15 bits per heavy atom. The van der Waals surface area contributed by atoms with Crippen molar-refractivity contribution in [1.82, 2.24) is 20.2 Å². The van der Waals surface area contributed by atoms with Crippen molar-refractivity contribution >= 4 is 55.7 Å². The third kappa shape index (κ3) is 3.53. The highest BCUT2D eigenvalue weighted by atomic mass is 32.2. The van der Waals surface area contributed by atoms with Gasteiger partial charge in [0.25, 0.3) is 5.56 Å². The Morgan fingerprint density at radius 1 is 1.26 bits per heavy atom. The van der Waals surface area contributed by atoms with E-state index in [9.17, 15) is 9.59 Å². The molecule has 0 unspecified atom stereocenters. The lowest BCUT2D eigenvalue weighted by molar-refractivity contribution is -0.113. The van der Waals surface area contributed by atoms with E-state index in [0.717, 1.165) is 34.5 Å². The number of carbonyl (C=O) groups excluding carboxylic acids is 1. The van der Waals surface area contributed by atoms with E-state index < -0.39 is 0 Å². The fourth-order valence-corrected chi connectivity index (χ4v) is 6.19. The maximum atomic E-state index is 12.4. The molecule has 2 aliphatic carbocycles. The SMILES string of the molecule is O=C(CSCc1nc2sc3c(c2c(=O)[nH]1)CCC3)Nc1nnc(C2CC2)s1.